The van der Waals surface area contributed by atoms with Crippen LogP contribution in [0.4, 0.5) is 0 Å². The molecule has 0 aromatic heterocycles. The van der Waals surface area contributed by atoms with Crippen LogP contribution < -0.4 is 5.32 Å². The monoisotopic (exact) mass is 254 g/mol. The highest BCUT2D eigenvalue weighted by molar-refractivity contribution is 5.95. The van der Waals surface area contributed by atoms with Crippen LogP contribution in [0.1, 0.15) is 41.5 Å². The normalized spacial score (nSPS) is 23.3. The molecule has 1 rings (SSSR count). The summed E-state index contributed by atoms with van der Waals surface area (Å²) in [6.45, 7) is 13.2. The van der Waals surface area contributed by atoms with Gasteiger partial charge in [0.15, 0.2) is 0 Å². The summed E-state index contributed by atoms with van der Waals surface area (Å²) in [5.41, 5.74) is -0.244. The molecule has 0 saturated carbocycles. The quantitative estimate of drug-likeness (QED) is 0.832. The number of hydrogen-bond acceptors (Lipinski definition) is 2. The van der Waals surface area contributed by atoms with Crippen LogP contribution in [-0.2, 0) is 9.59 Å². The van der Waals surface area contributed by atoms with Gasteiger partial charge in [-0.15, -0.1) is 0 Å². The molecule has 2 atom stereocenters. The van der Waals surface area contributed by atoms with Crippen LogP contribution in [0.15, 0.2) is 0 Å². The molecule has 1 heterocycles. The van der Waals surface area contributed by atoms with E-state index in [2.05, 4.69) is 26.1 Å². The minimum atomic E-state index is -0.405. The minimum absolute atomic E-state index is 0.0505. The predicted molar refractivity (Wildman–Crippen MR) is 72.0 cm³/mol. The third kappa shape index (κ3) is 3.47. The Balaban J connectivity index is 2.80. The summed E-state index contributed by atoms with van der Waals surface area (Å²) in [7, 11) is 0. The summed E-state index contributed by atoms with van der Waals surface area (Å²) < 4.78 is 0. The van der Waals surface area contributed by atoms with Crippen molar-refractivity contribution in [3.05, 3.63) is 0 Å². The molecule has 0 aromatic carbocycles. The van der Waals surface area contributed by atoms with Gasteiger partial charge in [0, 0.05) is 6.54 Å². The topological polar surface area (TPSA) is 49.4 Å². The Kier molecular flexibility index (Phi) is 4.41. The van der Waals surface area contributed by atoms with Crippen LogP contribution in [0, 0.1) is 17.3 Å². The van der Waals surface area contributed by atoms with Crippen molar-refractivity contribution in [1.82, 2.24) is 10.2 Å². The van der Waals surface area contributed by atoms with Gasteiger partial charge in [-0.05, 0) is 17.3 Å². The molecule has 1 fully saturated rings. The predicted octanol–water partition coefficient (Wildman–Crippen LogP) is 1.65. The van der Waals surface area contributed by atoms with Crippen molar-refractivity contribution in [3.63, 3.8) is 0 Å². The van der Waals surface area contributed by atoms with Gasteiger partial charge >= 0.3 is 0 Å². The first-order valence-electron chi connectivity index (χ1n) is 6.71. The highest BCUT2D eigenvalue weighted by Crippen LogP contribution is 2.24. The Bertz CT molecular complexity index is 331. The fraction of sp³-hybridized carbons (Fsp3) is 0.857. The van der Waals surface area contributed by atoms with E-state index in [9.17, 15) is 9.59 Å². The van der Waals surface area contributed by atoms with Crippen molar-refractivity contribution in [2.24, 2.45) is 17.3 Å². The third-order valence-electron chi connectivity index (χ3n) is 3.71. The van der Waals surface area contributed by atoms with Crippen molar-refractivity contribution in [3.8, 4) is 0 Å². The van der Waals surface area contributed by atoms with Crippen LogP contribution >= 0.6 is 0 Å². The standard InChI is InChI=1S/C14H26N2O2/c1-9(2)10(3)7-16-8-11(17)15-12(13(16)18)14(4,5)6/h9-10,12H,7-8H2,1-6H3,(H,15,17). The van der Waals surface area contributed by atoms with Crippen LogP contribution in [-0.4, -0.2) is 35.8 Å². The molecule has 2 unspecified atom stereocenters. The zero-order valence-electron chi connectivity index (χ0n) is 12.4. The largest absolute Gasteiger partial charge is 0.342 e. The second-order valence-corrected chi connectivity index (χ2v) is 6.81. The number of rotatable bonds is 3. The number of piperazine rings is 1. The molecule has 4 nitrogen and oxygen atoms in total. The van der Waals surface area contributed by atoms with Crippen LogP contribution in [0.2, 0.25) is 0 Å². The van der Waals surface area contributed by atoms with Crippen LogP contribution in [0.3, 0.4) is 0 Å². The number of nitrogens with zero attached hydrogens (tertiary/aromatic N) is 1. The summed E-state index contributed by atoms with van der Waals surface area (Å²) in [5, 5.41) is 2.81. The Morgan fingerprint density at radius 3 is 2.28 bits per heavy atom. The number of carbonyl (C=O) groups excluding carboxylic acids is 2. The maximum Gasteiger partial charge on any atom is 0.246 e. The van der Waals surface area contributed by atoms with Crippen LogP contribution in [0.25, 0.3) is 0 Å². The molecule has 1 saturated heterocycles. The number of nitrogens with one attached hydrogen (secondary N) is 1. The van der Waals surface area contributed by atoms with Gasteiger partial charge in [0.1, 0.15) is 6.04 Å². The van der Waals surface area contributed by atoms with E-state index in [1.54, 1.807) is 4.90 Å². The molecular weight excluding hydrogens is 228 g/mol. The van der Waals surface area contributed by atoms with Gasteiger partial charge in [-0.1, -0.05) is 41.5 Å². The number of hydrogen-bond donors (Lipinski definition) is 1. The Labute approximate surface area is 110 Å². The summed E-state index contributed by atoms with van der Waals surface area (Å²) in [6.07, 6.45) is 0. The molecule has 104 valence electrons. The van der Waals surface area contributed by atoms with E-state index >= 15 is 0 Å². The van der Waals surface area contributed by atoms with Gasteiger partial charge < -0.3 is 10.2 Å². The molecule has 1 aliphatic rings. The molecule has 1 aliphatic heterocycles. The highest BCUT2D eigenvalue weighted by Gasteiger charge is 2.40. The van der Waals surface area contributed by atoms with Crippen molar-refractivity contribution in [2.45, 2.75) is 47.6 Å². The smallest absolute Gasteiger partial charge is 0.246 e. The van der Waals surface area contributed by atoms with Gasteiger partial charge in [-0.2, -0.15) is 0 Å². The lowest BCUT2D eigenvalue weighted by molar-refractivity contribution is -0.148. The fourth-order valence-corrected chi connectivity index (χ4v) is 2.00. The maximum absolute atomic E-state index is 12.4. The summed E-state index contributed by atoms with van der Waals surface area (Å²) in [5.74, 6) is 0.913. The second-order valence-electron chi connectivity index (χ2n) is 6.81. The van der Waals surface area contributed by atoms with E-state index in [4.69, 9.17) is 0 Å². The van der Waals surface area contributed by atoms with Crippen LogP contribution in [0.5, 0.6) is 0 Å². The Morgan fingerprint density at radius 1 is 1.28 bits per heavy atom. The number of carbonyl (C=O) groups is 2. The average molecular weight is 254 g/mol. The van der Waals surface area contributed by atoms with E-state index in [1.807, 2.05) is 20.8 Å². The van der Waals surface area contributed by atoms with Gasteiger partial charge in [-0.25, -0.2) is 0 Å². The van der Waals surface area contributed by atoms with E-state index in [-0.39, 0.29) is 23.8 Å². The van der Waals surface area contributed by atoms with Crippen molar-refractivity contribution < 1.29 is 9.59 Å². The molecule has 18 heavy (non-hydrogen) atoms. The minimum Gasteiger partial charge on any atom is -0.342 e. The first kappa shape index (κ1) is 15.0. The lowest BCUT2D eigenvalue weighted by atomic mass is 9.84. The second kappa shape index (κ2) is 5.29. The Morgan fingerprint density at radius 2 is 1.83 bits per heavy atom. The summed E-state index contributed by atoms with van der Waals surface area (Å²) in [6, 6.07) is -0.405. The van der Waals surface area contributed by atoms with E-state index in [0.29, 0.717) is 18.4 Å². The molecule has 4 heteroatoms. The molecule has 0 spiro atoms. The van der Waals surface area contributed by atoms with Crippen molar-refractivity contribution in [1.29, 1.82) is 0 Å². The summed E-state index contributed by atoms with van der Waals surface area (Å²) >= 11 is 0. The van der Waals surface area contributed by atoms with Gasteiger partial charge in [0.25, 0.3) is 0 Å². The van der Waals surface area contributed by atoms with Crippen molar-refractivity contribution >= 4 is 11.8 Å². The van der Waals surface area contributed by atoms with E-state index in [1.165, 1.54) is 0 Å². The molecule has 0 bridgehead atoms. The van der Waals surface area contributed by atoms with E-state index in [0.717, 1.165) is 0 Å². The molecule has 0 radical (unpaired) electrons. The average Bonchev–Trinajstić information content (AvgIpc) is 2.21. The van der Waals surface area contributed by atoms with E-state index < -0.39 is 6.04 Å². The van der Waals surface area contributed by atoms with Crippen molar-refractivity contribution in [2.75, 3.05) is 13.1 Å². The molecular formula is C14H26N2O2. The molecule has 0 aliphatic carbocycles. The lowest BCUT2D eigenvalue weighted by Crippen LogP contribution is -2.62. The van der Waals surface area contributed by atoms with Gasteiger partial charge in [0.2, 0.25) is 11.8 Å². The fourth-order valence-electron chi connectivity index (χ4n) is 2.00. The first-order valence-corrected chi connectivity index (χ1v) is 6.71. The number of amides is 2. The third-order valence-corrected chi connectivity index (χ3v) is 3.71. The van der Waals surface area contributed by atoms with Gasteiger partial charge in [-0.3, -0.25) is 9.59 Å². The zero-order valence-corrected chi connectivity index (χ0v) is 12.4. The zero-order chi connectivity index (χ0) is 14.1. The lowest BCUT2D eigenvalue weighted by Gasteiger charge is -2.40. The first-order chi connectivity index (χ1) is 8.12. The summed E-state index contributed by atoms with van der Waals surface area (Å²) in [4.78, 5) is 25.8. The highest BCUT2D eigenvalue weighted by atomic mass is 16.2. The SMILES string of the molecule is CC(C)C(C)CN1CC(=O)NC(C(C)(C)C)C1=O. The van der Waals surface area contributed by atoms with Gasteiger partial charge in [0.05, 0.1) is 6.54 Å². The molecule has 1 N–H and O–H groups in total. The molecule has 0 aromatic rings. The Hall–Kier alpha value is -1.06. The molecule has 2 amide bonds. The maximum atomic E-state index is 12.4.